The van der Waals surface area contributed by atoms with Gasteiger partial charge in [-0.25, -0.2) is 13.4 Å². The number of hydrogen-bond donors (Lipinski definition) is 2. The second-order valence-electron chi connectivity index (χ2n) is 6.91. The molecule has 0 spiro atoms. The van der Waals surface area contributed by atoms with Gasteiger partial charge in [0.25, 0.3) is 0 Å². The lowest BCUT2D eigenvalue weighted by Gasteiger charge is -2.21. The number of carbonyl (C=O) groups excluding carboxylic acids is 1. The standard InChI is InChI=1S/C21H19N3O5S/c1-30(27,28)23-15-7-4-6-14(12-15)17-13-18(16-8-2-3-9-19(16)25)24(22-17)21(26)20-10-5-11-29-20/h2-12,18,23,25H,13H2,1H3/t18-/m0/s1. The summed E-state index contributed by atoms with van der Waals surface area (Å²) in [5.41, 5.74) is 2.20. The number of hydrazone groups is 1. The Kier molecular flexibility index (Phi) is 5.04. The highest BCUT2D eigenvalue weighted by molar-refractivity contribution is 7.92. The van der Waals surface area contributed by atoms with Crippen molar-refractivity contribution in [2.75, 3.05) is 11.0 Å². The number of nitrogens with one attached hydrogen (secondary N) is 1. The Hall–Kier alpha value is -3.59. The molecule has 4 rings (SSSR count). The van der Waals surface area contributed by atoms with Gasteiger partial charge >= 0.3 is 5.91 Å². The monoisotopic (exact) mass is 425 g/mol. The summed E-state index contributed by atoms with van der Waals surface area (Å²) in [5.74, 6) is -0.245. The number of phenolic OH excluding ortho intramolecular Hbond substituents is 1. The summed E-state index contributed by atoms with van der Waals surface area (Å²) < 4.78 is 30.8. The average Bonchev–Trinajstić information content (AvgIpc) is 3.37. The zero-order valence-electron chi connectivity index (χ0n) is 16.0. The Morgan fingerprint density at radius 1 is 1.17 bits per heavy atom. The molecule has 154 valence electrons. The number of hydrogen-bond acceptors (Lipinski definition) is 6. The molecule has 0 unspecified atom stereocenters. The topological polar surface area (TPSA) is 112 Å². The van der Waals surface area contributed by atoms with E-state index in [0.29, 0.717) is 28.9 Å². The van der Waals surface area contributed by atoms with Crippen LogP contribution in [0.1, 0.15) is 34.1 Å². The quantitative estimate of drug-likeness (QED) is 0.651. The first kappa shape index (κ1) is 19.7. The summed E-state index contributed by atoms with van der Waals surface area (Å²) in [6.07, 6.45) is 2.82. The van der Waals surface area contributed by atoms with Crippen molar-refractivity contribution in [1.82, 2.24) is 5.01 Å². The number of benzene rings is 2. The zero-order valence-corrected chi connectivity index (χ0v) is 16.8. The molecule has 1 amide bonds. The van der Waals surface area contributed by atoms with E-state index in [1.165, 1.54) is 11.3 Å². The van der Waals surface area contributed by atoms with Crippen molar-refractivity contribution in [3.63, 3.8) is 0 Å². The molecule has 1 aromatic heterocycles. The molecule has 2 heterocycles. The first-order valence-corrected chi connectivity index (χ1v) is 11.0. The molecule has 0 saturated carbocycles. The lowest BCUT2D eigenvalue weighted by atomic mass is 9.97. The Balaban J connectivity index is 1.73. The normalized spacial score (nSPS) is 16.4. The minimum absolute atomic E-state index is 0.0590. The van der Waals surface area contributed by atoms with E-state index in [-0.39, 0.29) is 11.5 Å². The smallest absolute Gasteiger partial charge is 0.310 e. The number of carbonyl (C=O) groups is 1. The van der Waals surface area contributed by atoms with Gasteiger partial charge in [0.15, 0.2) is 5.76 Å². The lowest BCUT2D eigenvalue weighted by molar-refractivity contribution is 0.0677. The average molecular weight is 425 g/mol. The number of sulfonamides is 1. The number of nitrogens with zero attached hydrogens (tertiary/aromatic N) is 2. The minimum Gasteiger partial charge on any atom is -0.508 e. The third kappa shape index (κ3) is 4.06. The van der Waals surface area contributed by atoms with Gasteiger partial charge in [-0.3, -0.25) is 9.52 Å². The van der Waals surface area contributed by atoms with Crippen LogP contribution < -0.4 is 4.72 Å². The van der Waals surface area contributed by atoms with Crippen molar-refractivity contribution in [1.29, 1.82) is 0 Å². The molecule has 9 heteroatoms. The van der Waals surface area contributed by atoms with Crippen molar-refractivity contribution in [3.8, 4) is 5.75 Å². The van der Waals surface area contributed by atoms with Gasteiger partial charge in [0.2, 0.25) is 10.0 Å². The molecule has 30 heavy (non-hydrogen) atoms. The van der Waals surface area contributed by atoms with Gasteiger partial charge < -0.3 is 9.52 Å². The zero-order chi connectivity index (χ0) is 21.3. The molecule has 0 radical (unpaired) electrons. The van der Waals surface area contributed by atoms with Crippen LogP contribution in [-0.4, -0.2) is 36.4 Å². The Labute approximate surface area is 173 Å². The Morgan fingerprint density at radius 3 is 2.67 bits per heavy atom. The van der Waals surface area contributed by atoms with Crippen molar-refractivity contribution >= 4 is 27.3 Å². The molecule has 0 saturated heterocycles. The fourth-order valence-electron chi connectivity index (χ4n) is 3.37. The van der Waals surface area contributed by atoms with Crippen LogP contribution in [0.5, 0.6) is 5.75 Å². The molecule has 2 N–H and O–H groups in total. The van der Waals surface area contributed by atoms with E-state index in [1.807, 2.05) is 0 Å². The van der Waals surface area contributed by atoms with E-state index in [1.54, 1.807) is 60.7 Å². The number of anilines is 1. The van der Waals surface area contributed by atoms with Crippen molar-refractivity contribution in [2.24, 2.45) is 5.10 Å². The Morgan fingerprint density at radius 2 is 1.97 bits per heavy atom. The summed E-state index contributed by atoms with van der Waals surface area (Å²) in [7, 11) is -3.43. The first-order chi connectivity index (χ1) is 14.3. The number of rotatable bonds is 5. The van der Waals surface area contributed by atoms with E-state index in [2.05, 4.69) is 9.82 Å². The van der Waals surface area contributed by atoms with Crippen LogP contribution in [0, 0.1) is 0 Å². The van der Waals surface area contributed by atoms with E-state index < -0.39 is 22.0 Å². The largest absolute Gasteiger partial charge is 0.508 e. The molecule has 0 bridgehead atoms. The fraction of sp³-hybridized carbons (Fsp3) is 0.143. The predicted octanol–water partition coefficient (Wildman–Crippen LogP) is 3.35. The SMILES string of the molecule is CS(=O)(=O)Nc1cccc(C2=NN(C(=O)c3ccco3)[C@H](c3ccccc3O)C2)c1. The maximum atomic E-state index is 13.0. The fourth-order valence-corrected chi connectivity index (χ4v) is 3.93. The van der Waals surface area contributed by atoms with Crippen molar-refractivity contribution in [2.45, 2.75) is 12.5 Å². The summed E-state index contributed by atoms with van der Waals surface area (Å²) in [4.78, 5) is 13.0. The number of phenols is 1. The van der Waals surface area contributed by atoms with Crippen LogP contribution in [-0.2, 0) is 10.0 Å². The Bertz CT molecular complexity index is 1220. The van der Waals surface area contributed by atoms with Gasteiger partial charge in [0, 0.05) is 17.7 Å². The molecule has 8 nitrogen and oxygen atoms in total. The van der Waals surface area contributed by atoms with Gasteiger partial charge in [-0.1, -0.05) is 30.3 Å². The molecule has 0 aliphatic carbocycles. The summed E-state index contributed by atoms with van der Waals surface area (Å²) in [6, 6.07) is 16.2. The lowest BCUT2D eigenvalue weighted by Crippen LogP contribution is -2.26. The third-order valence-corrected chi connectivity index (χ3v) is 5.25. The minimum atomic E-state index is -3.43. The van der Waals surface area contributed by atoms with E-state index in [9.17, 15) is 18.3 Å². The number of para-hydroxylation sites is 1. The molecule has 1 atom stereocenters. The maximum Gasteiger partial charge on any atom is 0.310 e. The second kappa shape index (κ2) is 7.68. The highest BCUT2D eigenvalue weighted by Gasteiger charge is 2.36. The summed E-state index contributed by atoms with van der Waals surface area (Å²) in [5, 5.41) is 16.1. The van der Waals surface area contributed by atoms with Gasteiger partial charge in [-0.15, -0.1) is 0 Å². The number of amides is 1. The van der Waals surface area contributed by atoms with Gasteiger partial charge in [0.1, 0.15) is 5.75 Å². The predicted molar refractivity (Wildman–Crippen MR) is 112 cm³/mol. The molecular formula is C21H19N3O5S. The second-order valence-corrected chi connectivity index (χ2v) is 8.66. The highest BCUT2D eigenvalue weighted by atomic mass is 32.2. The van der Waals surface area contributed by atoms with Gasteiger partial charge in [-0.05, 0) is 35.9 Å². The van der Waals surface area contributed by atoms with Crippen molar-refractivity contribution in [3.05, 3.63) is 83.8 Å². The van der Waals surface area contributed by atoms with Crippen LogP contribution in [0.2, 0.25) is 0 Å². The van der Waals surface area contributed by atoms with Crippen LogP contribution in [0.25, 0.3) is 0 Å². The van der Waals surface area contributed by atoms with Crippen LogP contribution in [0.3, 0.4) is 0 Å². The molecule has 1 aliphatic rings. The van der Waals surface area contributed by atoms with Crippen molar-refractivity contribution < 1.29 is 22.7 Å². The summed E-state index contributed by atoms with van der Waals surface area (Å²) >= 11 is 0. The molecule has 0 fully saturated rings. The van der Waals surface area contributed by atoms with E-state index in [0.717, 1.165) is 6.26 Å². The van der Waals surface area contributed by atoms with Gasteiger partial charge in [0.05, 0.1) is 24.3 Å². The van der Waals surface area contributed by atoms with Gasteiger partial charge in [-0.2, -0.15) is 5.10 Å². The van der Waals surface area contributed by atoms with Crippen LogP contribution >= 0.6 is 0 Å². The van der Waals surface area contributed by atoms with E-state index >= 15 is 0 Å². The number of aromatic hydroxyl groups is 1. The highest BCUT2D eigenvalue weighted by Crippen LogP contribution is 2.38. The summed E-state index contributed by atoms with van der Waals surface area (Å²) in [6.45, 7) is 0. The molecule has 1 aliphatic heterocycles. The maximum absolute atomic E-state index is 13.0. The first-order valence-electron chi connectivity index (χ1n) is 9.12. The van der Waals surface area contributed by atoms with Crippen LogP contribution in [0.15, 0.2) is 76.4 Å². The number of furan rings is 1. The molecule has 2 aromatic carbocycles. The molecular weight excluding hydrogens is 406 g/mol. The van der Waals surface area contributed by atoms with Crippen LogP contribution in [0.4, 0.5) is 5.69 Å². The molecule has 3 aromatic rings. The third-order valence-electron chi connectivity index (χ3n) is 4.65. The van der Waals surface area contributed by atoms with E-state index in [4.69, 9.17) is 4.42 Å².